The summed E-state index contributed by atoms with van der Waals surface area (Å²) >= 11 is 0. The minimum absolute atomic E-state index is 0.616. The molecule has 5 nitrogen and oxygen atoms in total. The van der Waals surface area contributed by atoms with Gasteiger partial charge in [0.05, 0.1) is 12.8 Å². The first kappa shape index (κ1) is 8.22. The molecule has 0 atom stereocenters. The van der Waals surface area contributed by atoms with E-state index in [-0.39, 0.29) is 0 Å². The van der Waals surface area contributed by atoms with E-state index in [9.17, 15) is 0 Å². The third-order valence-electron chi connectivity index (χ3n) is 1.89. The molecular formula is C8H12N4O. The van der Waals surface area contributed by atoms with Gasteiger partial charge in [-0.15, -0.1) is 0 Å². The summed E-state index contributed by atoms with van der Waals surface area (Å²) in [5.74, 6) is 0.753. The molecule has 70 valence electrons. The van der Waals surface area contributed by atoms with Gasteiger partial charge in [0.25, 0.3) is 0 Å². The second-order valence-electron chi connectivity index (χ2n) is 3.14. The van der Waals surface area contributed by atoms with Crippen LogP contribution < -0.4 is 0 Å². The van der Waals surface area contributed by atoms with Crippen molar-refractivity contribution < 1.29 is 4.84 Å². The molecule has 0 aliphatic heterocycles. The number of rotatable bonds is 5. The quantitative estimate of drug-likeness (QED) is 0.495. The average molecular weight is 180 g/mol. The molecule has 0 spiro atoms. The molecule has 0 saturated heterocycles. The van der Waals surface area contributed by atoms with Gasteiger partial charge in [-0.3, -0.25) is 0 Å². The molecule has 1 heterocycles. The van der Waals surface area contributed by atoms with Crippen LogP contribution in [-0.4, -0.2) is 27.6 Å². The minimum atomic E-state index is 0.616. The van der Waals surface area contributed by atoms with Crippen LogP contribution in [0, 0.1) is 5.92 Å². The van der Waals surface area contributed by atoms with Gasteiger partial charge in [0.2, 0.25) is 0 Å². The number of aromatic nitrogens is 3. The lowest BCUT2D eigenvalue weighted by Crippen LogP contribution is -1.99. The van der Waals surface area contributed by atoms with Gasteiger partial charge >= 0.3 is 0 Å². The van der Waals surface area contributed by atoms with Crippen LogP contribution in [0.15, 0.2) is 17.8 Å². The van der Waals surface area contributed by atoms with Crippen molar-refractivity contribution in [1.29, 1.82) is 0 Å². The molecule has 1 aromatic heterocycles. The highest BCUT2D eigenvalue weighted by Gasteiger charge is 2.21. The van der Waals surface area contributed by atoms with Crippen molar-refractivity contribution in [3.63, 3.8) is 0 Å². The maximum absolute atomic E-state index is 5.06. The molecule has 1 fully saturated rings. The van der Waals surface area contributed by atoms with Crippen LogP contribution in [0.25, 0.3) is 0 Å². The van der Waals surface area contributed by atoms with Crippen molar-refractivity contribution in [1.82, 2.24) is 14.8 Å². The molecule has 2 rings (SSSR count). The fraction of sp³-hybridized carbons (Fsp3) is 0.625. The zero-order chi connectivity index (χ0) is 8.93. The Hall–Kier alpha value is -1.39. The molecular weight excluding hydrogens is 168 g/mol. The zero-order valence-electron chi connectivity index (χ0n) is 7.33. The Morgan fingerprint density at radius 3 is 3.23 bits per heavy atom. The molecule has 1 aliphatic rings. The van der Waals surface area contributed by atoms with Gasteiger partial charge in [-0.25, -0.2) is 9.67 Å². The van der Waals surface area contributed by atoms with Gasteiger partial charge < -0.3 is 4.84 Å². The molecule has 0 amide bonds. The second-order valence-corrected chi connectivity index (χ2v) is 3.14. The van der Waals surface area contributed by atoms with Gasteiger partial charge in [-0.05, 0) is 18.8 Å². The van der Waals surface area contributed by atoms with Gasteiger partial charge in [0.1, 0.15) is 19.3 Å². The van der Waals surface area contributed by atoms with Crippen LogP contribution in [-0.2, 0) is 11.4 Å². The monoisotopic (exact) mass is 180 g/mol. The highest BCUT2D eigenvalue weighted by molar-refractivity contribution is 5.55. The van der Waals surface area contributed by atoms with Gasteiger partial charge in [0.15, 0.2) is 0 Å². The fourth-order valence-corrected chi connectivity index (χ4v) is 0.930. The minimum Gasteiger partial charge on any atom is -0.396 e. The van der Waals surface area contributed by atoms with Gasteiger partial charge in [0, 0.05) is 0 Å². The maximum Gasteiger partial charge on any atom is 0.137 e. The van der Waals surface area contributed by atoms with Crippen molar-refractivity contribution in [2.45, 2.75) is 19.4 Å². The van der Waals surface area contributed by atoms with Gasteiger partial charge in [-0.1, -0.05) is 5.16 Å². The van der Waals surface area contributed by atoms with Crippen molar-refractivity contribution in [2.75, 3.05) is 6.61 Å². The number of nitrogens with zero attached hydrogens (tertiary/aromatic N) is 4. The smallest absolute Gasteiger partial charge is 0.137 e. The number of hydrogen-bond acceptors (Lipinski definition) is 4. The van der Waals surface area contributed by atoms with Gasteiger partial charge in [-0.2, -0.15) is 5.10 Å². The molecule has 13 heavy (non-hydrogen) atoms. The van der Waals surface area contributed by atoms with Crippen molar-refractivity contribution in [3.8, 4) is 0 Å². The first-order chi connectivity index (χ1) is 6.45. The van der Waals surface area contributed by atoms with Crippen LogP contribution in [0.3, 0.4) is 0 Å². The van der Waals surface area contributed by atoms with E-state index >= 15 is 0 Å². The SMILES string of the molecule is C(Cn1cncn1)=NOCC1CC1. The van der Waals surface area contributed by atoms with Crippen LogP contribution >= 0.6 is 0 Å². The summed E-state index contributed by atoms with van der Waals surface area (Å²) < 4.78 is 1.68. The first-order valence-electron chi connectivity index (χ1n) is 4.41. The Bertz CT molecular complexity index is 266. The molecule has 1 aliphatic carbocycles. The predicted octanol–water partition coefficient (Wildman–Crippen LogP) is 0.691. The van der Waals surface area contributed by atoms with E-state index in [0.717, 1.165) is 12.5 Å². The highest BCUT2D eigenvalue weighted by atomic mass is 16.6. The Labute approximate surface area is 76.4 Å². The number of hydrogen-bond donors (Lipinski definition) is 0. The van der Waals surface area contributed by atoms with E-state index in [1.807, 2.05) is 0 Å². The normalized spacial score (nSPS) is 16.6. The maximum atomic E-state index is 5.06. The lowest BCUT2D eigenvalue weighted by atomic mass is 10.5. The second kappa shape index (κ2) is 4.02. The van der Waals surface area contributed by atoms with Crippen LogP contribution in [0.4, 0.5) is 0 Å². The molecule has 0 bridgehead atoms. The lowest BCUT2D eigenvalue weighted by molar-refractivity contribution is 0.134. The summed E-state index contributed by atoms with van der Waals surface area (Å²) in [5.41, 5.74) is 0. The van der Waals surface area contributed by atoms with E-state index in [1.54, 1.807) is 17.2 Å². The van der Waals surface area contributed by atoms with Crippen LogP contribution in [0.2, 0.25) is 0 Å². The third-order valence-corrected chi connectivity index (χ3v) is 1.89. The summed E-state index contributed by atoms with van der Waals surface area (Å²) in [6.07, 6.45) is 7.42. The molecule has 0 radical (unpaired) electrons. The predicted molar refractivity (Wildman–Crippen MR) is 47.2 cm³/mol. The van der Waals surface area contributed by atoms with E-state index < -0.39 is 0 Å². The number of oxime groups is 1. The summed E-state index contributed by atoms with van der Waals surface area (Å²) in [7, 11) is 0. The summed E-state index contributed by atoms with van der Waals surface area (Å²) in [4.78, 5) is 8.87. The van der Waals surface area contributed by atoms with Crippen LogP contribution in [0.1, 0.15) is 12.8 Å². The van der Waals surface area contributed by atoms with Crippen molar-refractivity contribution in [2.24, 2.45) is 11.1 Å². The summed E-state index contributed by atoms with van der Waals surface area (Å²) in [6, 6.07) is 0. The molecule has 0 aromatic carbocycles. The Morgan fingerprint density at radius 2 is 2.54 bits per heavy atom. The topological polar surface area (TPSA) is 52.3 Å². The average Bonchev–Trinajstić information content (AvgIpc) is 2.81. The molecule has 5 heteroatoms. The molecule has 0 N–H and O–H groups in total. The fourth-order valence-electron chi connectivity index (χ4n) is 0.930. The standard InChI is InChI=1S/C8H12N4O/c1-2-8(1)5-13-11-3-4-12-7-9-6-10-12/h3,6-8H,1-2,4-5H2. The first-order valence-corrected chi connectivity index (χ1v) is 4.41. The summed E-state index contributed by atoms with van der Waals surface area (Å²) in [5, 5.41) is 7.73. The van der Waals surface area contributed by atoms with Crippen molar-refractivity contribution in [3.05, 3.63) is 12.7 Å². The van der Waals surface area contributed by atoms with Crippen molar-refractivity contribution >= 4 is 6.21 Å². The Morgan fingerprint density at radius 1 is 1.62 bits per heavy atom. The van der Waals surface area contributed by atoms with Crippen LogP contribution in [0.5, 0.6) is 0 Å². The van der Waals surface area contributed by atoms with E-state index in [0.29, 0.717) is 6.54 Å². The van der Waals surface area contributed by atoms with E-state index in [4.69, 9.17) is 4.84 Å². The molecule has 0 unspecified atom stereocenters. The van der Waals surface area contributed by atoms with E-state index in [2.05, 4.69) is 15.2 Å². The highest BCUT2D eigenvalue weighted by Crippen LogP contribution is 2.28. The largest absolute Gasteiger partial charge is 0.396 e. The lowest BCUT2D eigenvalue weighted by Gasteiger charge is -1.95. The zero-order valence-corrected chi connectivity index (χ0v) is 7.33. The Kier molecular flexibility index (Phi) is 2.54. The third kappa shape index (κ3) is 2.85. The molecule has 1 saturated carbocycles. The van der Waals surface area contributed by atoms with E-state index in [1.165, 1.54) is 19.2 Å². The summed E-state index contributed by atoms with van der Waals surface area (Å²) in [6.45, 7) is 1.37. The molecule has 1 aromatic rings. The Balaban J connectivity index is 1.60.